The van der Waals surface area contributed by atoms with Crippen molar-refractivity contribution in [3.63, 3.8) is 0 Å². The third-order valence-electron chi connectivity index (χ3n) is 3.01. The zero-order valence-electron chi connectivity index (χ0n) is 8.92. The van der Waals surface area contributed by atoms with Crippen molar-refractivity contribution in [2.75, 3.05) is 19.6 Å². The van der Waals surface area contributed by atoms with Gasteiger partial charge >= 0.3 is 0 Å². The van der Waals surface area contributed by atoms with Crippen LogP contribution in [0.15, 0.2) is 12.2 Å². The number of rotatable bonds is 3. The first kappa shape index (κ1) is 10.7. The predicted octanol–water partition coefficient (Wildman–Crippen LogP) is 1.62. The smallest absolute Gasteiger partial charge is 0.00483 e. The Balaban J connectivity index is 2.26. The lowest BCUT2D eigenvalue weighted by atomic mass is 10.0. The lowest BCUT2D eigenvalue weighted by molar-refractivity contribution is 0.212. The largest absolute Gasteiger partial charge is 0.328 e. The molecule has 2 nitrogen and oxygen atoms in total. The normalized spacial score (nSPS) is 24.4. The van der Waals surface area contributed by atoms with Gasteiger partial charge < -0.3 is 10.6 Å². The molecule has 2 heteroatoms. The van der Waals surface area contributed by atoms with Gasteiger partial charge in [-0.15, -0.1) is 0 Å². The van der Waals surface area contributed by atoms with E-state index < -0.39 is 0 Å². The highest BCUT2D eigenvalue weighted by Gasteiger charge is 2.16. The molecule has 0 radical (unpaired) electrons. The Labute approximate surface area is 81.8 Å². The molecule has 1 aliphatic heterocycles. The van der Waals surface area contributed by atoms with Crippen molar-refractivity contribution in [2.45, 2.75) is 32.7 Å². The minimum Gasteiger partial charge on any atom is -0.328 e. The van der Waals surface area contributed by atoms with Crippen LogP contribution in [0.5, 0.6) is 0 Å². The second kappa shape index (κ2) is 4.77. The van der Waals surface area contributed by atoms with E-state index in [1.165, 1.54) is 31.5 Å². The Morgan fingerprint density at radius 2 is 1.92 bits per heavy atom. The van der Waals surface area contributed by atoms with Gasteiger partial charge in [-0.2, -0.15) is 0 Å². The SMILES string of the molecule is C=C1CCN(CC(C)C(C)N)CC1. The molecule has 0 saturated carbocycles. The number of hydrogen-bond acceptors (Lipinski definition) is 2. The van der Waals surface area contributed by atoms with Crippen LogP contribution in [0.1, 0.15) is 26.7 Å². The van der Waals surface area contributed by atoms with Crippen LogP contribution >= 0.6 is 0 Å². The topological polar surface area (TPSA) is 29.3 Å². The van der Waals surface area contributed by atoms with Crippen molar-refractivity contribution in [2.24, 2.45) is 11.7 Å². The summed E-state index contributed by atoms with van der Waals surface area (Å²) in [6.07, 6.45) is 2.34. The molecule has 0 aromatic heterocycles. The first-order valence-electron chi connectivity index (χ1n) is 5.24. The van der Waals surface area contributed by atoms with E-state index in [2.05, 4.69) is 25.3 Å². The maximum absolute atomic E-state index is 5.84. The summed E-state index contributed by atoms with van der Waals surface area (Å²) in [5, 5.41) is 0. The van der Waals surface area contributed by atoms with Crippen molar-refractivity contribution in [1.82, 2.24) is 4.90 Å². The molecule has 0 aromatic carbocycles. The summed E-state index contributed by atoms with van der Waals surface area (Å²) in [4.78, 5) is 2.50. The third kappa shape index (κ3) is 3.49. The maximum atomic E-state index is 5.84. The van der Waals surface area contributed by atoms with Gasteiger partial charge in [-0.3, -0.25) is 0 Å². The van der Waals surface area contributed by atoms with E-state index in [1.54, 1.807) is 0 Å². The lowest BCUT2D eigenvalue weighted by Crippen LogP contribution is -2.39. The number of piperidine rings is 1. The van der Waals surface area contributed by atoms with E-state index in [0.29, 0.717) is 12.0 Å². The molecule has 2 atom stereocenters. The standard InChI is InChI=1S/C11H22N2/c1-9-4-6-13(7-5-9)8-10(2)11(3)12/h10-11H,1,4-8,12H2,2-3H3. The lowest BCUT2D eigenvalue weighted by Gasteiger charge is -2.31. The van der Waals surface area contributed by atoms with Crippen LogP contribution in [-0.2, 0) is 0 Å². The summed E-state index contributed by atoms with van der Waals surface area (Å²) in [6, 6.07) is 0.310. The van der Waals surface area contributed by atoms with Gasteiger partial charge in [0.2, 0.25) is 0 Å². The van der Waals surface area contributed by atoms with E-state index in [-0.39, 0.29) is 0 Å². The fourth-order valence-electron chi connectivity index (χ4n) is 1.63. The van der Waals surface area contributed by atoms with Gasteiger partial charge in [0, 0.05) is 25.7 Å². The average molecular weight is 182 g/mol. The van der Waals surface area contributed by atoms with Gasteiger partial charge in [-0.05, 0) is 25.7 Å². The highest BCUT2D eigenvalue weighted by Crippen LogP contribution is 2.15. The Hall–Kier alpha value is -0.340. The number of hydrogen-bond donors (Lipinski definition) is 1. The summed E-state index contributed by atoms with van der Waals surface area (Å²) in [5.41, 5.74) is 7.24. The van der Waals surface area contributed by atoms with Crippen LogP contribution in [-0.4, -0.2) is 30.6 Å². The Kier molecular flexibility index (Phi) is 3.94. The van der Waals surface area contributed by atoms with E-state index in [9.17, 15) is 0 Å². The molecule has 2 unspecified atom stereocenters. The van der Waals surface area contributed by atoms with E-state index >= 15 is 0 Å². The molecule has 13 heavy (non-hydrogen) atoms. The molecule has 0 amide bonds. The minimum atomic E-state index is 0.310. The van der Waals surface area contributed by atoms with Gasteiger partial charge in [0.25, 0.3) is 0 Å². The van der Waals surface area contributed by atoms with Gasteiger partial charge in [0.05, 0.1) is 0 Å². The first-order chi connectivity index (χ1) is 6.09. The summed E-state index contributed by atoms with van der Waals surface area (Å²) >= 11 is 0. The van der Waals surface area contributed by atoms with Crippen LogP contribution in [0.2, 0.25) is 0 Å². The monoisotopic (exact) mass is 182 g/mol. The molecule has 2 N–H and O–H groups in total. The van der Waals surface area contributed by atoms with E-state index in [0.717, 1.165) is 6.54 Å². The average Bonchev–Trinajstić information content (AvgIpc) is 2.08. The third-order valence-corrected chi connectivity index (χ3v) is 3.01. The number of likely N-dealkylation sites (tertiary alicyclic amines) is 1. The number of nitrogens with two attached hydrogens (primary N) is 1. The second-order valence-corrected chi connectivity index (χ2v) is 4.39. The molecule has 1 heterocycles. The number of nitrogens with zero attached hydrogens (tertiary/aromatic N) is 1. The van der Waals surface area contributed by atoms with Crippen LogP contribution in [0.3, 0.4) is 0 Å². The van der Waals surface area contributed by atoms with Crippen LogP contribution in [0.4, 0.5) is 0 Å². The van der Waals surface area contributed by atoms with Crippen molar-refractivity contribution in [3.05, 3.63) is 12.2 Å². The van der Waals surface area contributed by atoms with Crippen molar-refractivity contribution in [3.8, 4) is 0 Å². The van der Waals surface area contributed by atoms with Crippen LogP contribution in [0, 0.1) is 5.92 Å². The van der Waals surface area contributed by atoms with Gasteiger partial charge in [-0.25, -0.2) is 0 Å². The highest BCUT2D eigenvalue weighted by molar-refractivity contribution is 4.99. The molecular weight excluding hydrogens is 160 g/mol. The Bertz CT molecular complexity index is 165. The molecule has 1 aliphatic rings. The van der Waals surface area contributed by atoms with Crippen LogP contribution in [0.25, 0.3) is 0 Å². The summed E-state index contributed by atoms with van der Waals surface area (Å²) in [7, 11) is 0. The van der Waals surface area contributed by atoms with Gasteiger partial charge in [0.1, 0.15) is 0 Å². The van der Waals surface area contributed by atoms with Crippen LogP contribution < -0.4 is 5.73 Å². The molecule has 1 rings (SSSR count). The molecule has 0 aromatic rings. The van der Waals surface area contributed by atoms with E-state index in [1.807, 2.05) is 0 Å². The minimum absolute atomic E-state index is 0.310. The maximum Gasteiger partial charge on any atom is 0.00483 e. The van der Waals surface area contributed by atoms with E-state index in [4.69, 9.17) is 5.73 Å². The summed E-state index contributed by atoms with van der Waals surface area (Å²) in [5.74, 6) is 0.603. The molecule has 0 aliphatic carbocycles. The van der Waals surface area contributed by atoms with Gasteiger partial charge in [0.15, 0.2) is 0 Å². The zero-order valence-corrected chi connectivity index (χ0v) is 8.92. The second-order valence-electron chi connectivity index (χ2n) is 4.39. The zero-order chi connectivity index (χ0) is 9.84. The fraction of sp³-hybridized carbons (Fsp3) is 0.818. The fourth-order valence-corrected chi connectivity index (χ4v) is 1.63. The van der Waals surface area contributed by atoms with Gasteiger partial charge in [-0.1, -0.05) is 19.1 Å². The molecular formula is C11H22N2. The molecule has 1 saturated heterocycles. The summed E-state index contributed by atoms with van der Waals surface area (Å²) < 4.78 is 0. The Morgan fingerprint density at radius 1 is 1.38 bits per heavy atom. The Morgan fingerprint density at radius 3 is 2.38 bits per heavy atom. The predicted molar refractivity (Wildman–Crippen MR) is 57.6 cm³/mol. The molecule has 1 fully saturated rings. The molecule has 76 valence electrons. The molecule has 0 spiro atoms. The molecule has 0 bridgehead atoms. The van der Waals surface area contributed by atoms with Crippen molar-refractivity contribution < 1.29 is 0 Å². The van der Waals surface area contributed by atoms with Crippen molar-refractivity contribution in [1.29, 1.82) is 0 Å². The van der Waals surface area contributed by atoms with Crippen molar-refractivity contribution >= 4 is 0 Å². The quantitative estimate of drug-likeness (QED) is 0.672. The first-order valence-corrected chi connectivity index (χ1v) is 5.24. The summed E-state index contributed by atoms with van der Waals surface area (Å²) in [6.45, 7) is 11.8. The highest BCUT2D eigenvalue weighted by atomic mass is 15.1.